The van der Waals surface area contributed by atoms with Crippen molar-refractivity contribution in [1.29, 1.82) is 0 Å². The summed E-state index contributed by atoms with van der Waals surface area (Å²) in [6, 6.07) is 0. The first kappa shape index (κ1) is 13.4. The van der Waals surface area contributed by atoms with Crippen molar-refractivity contribution in [3.63, 3.8) is 0 Å². The average Bonchev–Trinajstić information content (AvgIpc) is 2.35. The lowest BCUT2D eigenvalue weighted by Crippen LogP contribution is -2.34. The molecule has 0 unspecified atom stereocenters. The van der Waals surface area contributed by atoms with Gasteiger partial charge in [-0.1, -0.05) is 13.8 Å². The third kappa shape index (κ3) is 3.67. The quantitative estimate of drug-likeness (QED) is 0.586. The Balaban J connectivity index is 2.85. The molecule has 3 N–H and O–H groups in total. The van der Waals surface area contributed by atoms with Gasteiger partial charge in [0.25, 0.3) is 5.91 Å². The fourth-order valence-electron chi connectivity index (χ4n) is 1.50. The molecule has 1 aromatic heterocycles. The molecule has 0 aliphatic rings. The number of aromatic nitrogens is 2. The molecule has 1 amide bonds. The van der Waals surface area contributed by atoms with Crippen LogP contribution in [0, 0.1) is 5.92 Å². The van der Waals surface area contributed by atoms with Crippen molar-refractivity contribution in [2.24, 2.45) is 11.8 Å². The molecule has 0 saturated carbocycles. The molecule has 1 rings (SSSR count). The van der Waals surface area contributed by atoms with Crippen LogP contribution in [-0.4, -0.2) is 33.9 Å². The molecule has 0 radical (unpaired) electrons. The zero-order valence-corrected chi connectivity index (χ0v) is 10.5. The molecule has 0 aliphatic heterocycles. The molecule has 6 heteroatoms. The minimum atomic E-state index is -0.120. The monoisotopic (exact) mass is 237 g/mol. The predicted octanol–water partition coefficient (Wildman–Crippen LogP) is 0.880. The maximum Gasteiger partial charge on any atom is 0.274 e. The number of nitrogens with one attached hydrogen (secondary N) is 1. The SMILES string of the molecule is CCN(CC(C)C)C(=O)c1cncc(NN)n1. The maximum atomic E-state index is 12.1. The highest BCUT2D eigenvalue weighted by Crippen LogP contribution is 2.06. The summed E-state index contributed by atoms with van der Waals surface area (Å²) >= 11 is 0. The van der Waals surface area contributed by atoms with Crippen LogP contribution in [-0.2, 0) is 0 Å². The van der Waals surface area contributed by atoms with Crippen LogP contribution in [0.5, 0.6) is 0 Å². The van der Waals surface area contributed by atoms with E-state index in [9.17, 15) is 4.79 Å². The average molecular weight is 237 g/mol. The van der Waals surface area contributed by atoms with Gasteiger partial charge in [-0.05, 0) is 12.8 Å². The van der Waals surface area contributed by atoms with Gasteiger partial charge in [0.1, 0.15) is 5.69 Å². The fraction of sp³-hybridized carbons (Fsp3) is 0.545. The van der Waals surface area contributed by atoms with Gasteiger partial charge < -0.3 is 10.3 Å². The highest BCUT2D eigenvalue weighted by molar-refractivity contribution is 5.92. The standard InChI is InChI=1S/C11H19N5O/c1-4-16(7-8(2)3)11(17)9-5-13-6-10(14-9)15-12/h5-6,8H,4,7,12H2,1-3H3,(H,14,15). The summed E-state index contributed by atoms with van der Waals surface area (Å²) in [5.74, 6) is 5.92. The van der Waals surface area contributed by atoms with E-state index in [4.69, 9.17) is 5.84 Å². The summed E-state index contributed by atoms with van der Waals surface area (Å²) in [7, 11) is 0. The van der Waals surface area contributed by atoms with Gasteiger partial charge in [-0.2, -0.15) is 0 Å². The number of anilines is 1. The summed E-state index contributed by atoms with van der Waals surface area (Å²) in [4.78, 5) is 21.9. The van der Waals surface area contributed by atoms with Gasteiger partial charge in [-0.3, -0.25) is 9.78 Å². The number of carbonyl (C=O) groups is 1. The summed E-state index contributed by atoms with van der Waals surface area (Å²) in [5.41, 5.74) is 2.68. The Labute approximate surface area is 101 Å². The normalized spacial score (nSPS) is 10.4. The predicted molar refractivity (Wildman–Crippen MR) is 66.3 cm³/mol. The Bertz CT molecular complexity index is 380. The first-order valence-electron chi connectivity index (χ1n) is 5.66. The number of rotatable bonds is 5. The van der Waals surface area contributed by atoms with E-state index in [0.717, 1.165) is 0 Å². The molecule has 0 aromatic carbocycles. The fourth-order valence-corrected chi connectivity index (χ4v) is 1.50. The van der Waals surface area contributed by atoms with E-state index in [1.807, 2.05) is 6.92 Å². The number of amides is 1. The number of nitrogen functional groups attached to an aromatic ring is 1. The van der Waals surface area contributed by atoms with E-state index >= 15 is 0 Å². The molecule has 0 fully saturated rings. The van der Waals surface area contributed by atoms with E-state index in [1.54, 1.807) is 4.90 Å². The van der Waals surface area contributed by atoms with Crippen molar-refractivity contribution in [2.45, 2.75) is 20.8 Å². The number of nitrogens with two attached hydrogens (primary N) is 1. The van der Waals surface area contributed by atoms with Crippen LogP contribution in [0.3, 0.4) is 0 Å². The second kappa shape index (κ2) is 6.15. The van der Waals surface area contributed by atoms with Crippen molar-refractivity contribution in [3.8, 4) is 0 Å². The highest BCUT2D eigenvalue weighted by atomic mass is 16.2. The third-order valence-electron chi connectivity index (χ3n) is 2.26. The summed E-state index contributed by atoms with van der Waals surface area (Å²) in [5, 5.41) is 0. The molecule has 0 saturated heterocycles. The lowest BCUT2D eigenvalue weighted by atomic mass is 10.2. The van der Waals surface area contributed by atoms with Crippen LogP contribution >= 0.6 is 0 Å². The smallest absolute Gasteiger partial charge is 0.274 e. The first-order chi connectivity index (χ1) is 8.08. The summed E-state index contributed by atoms with van der Waals surface area (Å²) < 4.78 is 0. The zero-order valence-electron chi connectivity index (χ0n) is 10.5. The van der Waals surface area contributed by atoms with Gasteiger partial charge in [0.05, 0.1) is 12.4 Å². The minimum Gasteiger partial charge on any atom is -0.337 e. The van der Waals surface area contributed by atoms with Gasteiger partial charge in [-0.15, -0.1) is 0 Å². The molecular weight excluding hydrogens is 218 g/mol. The van der Waals surface area contributed by atoms with Crippen LogP contribution in [0.25, 0.3) is 0 Å². The molecule has 0 spiro atoms. The largest absolute Gasteiger partial charge is 0.337 e. The molecule has 1 heterocycles. The third-order valence-corrected chi connectivity index (χ3v) is 2.26. The second-order valence-corrected chi connectivity index (χ2v) is 4.17. The Morgan fingerprint density at radius 1 is 1.53 bits per heavy atom. The molecular formula is C11H19N5O. The zero-order chi connectivity index (χ0) is 12.8. The number of carbonyl (C=O) groups excluding carboxylic acids is 1. The maximum absolute atomic E-state index is 12.1. The Morgan fingerprint density at radius 2 is 2.24 bits per heavy atom. The Morgan fingerprint density at radius 3 is 2.76 bits per heavy atom. The van der Waals surface area contributed by atoms with Gasteiger partial charge in [0, 0.05) is 13.1 Å². The molecule has 1 aromatic rings. The van der Waals surface area contributed by atoms with Crippen LogP contribution in [0.15, 0.2) is 12.4 Å². The van der Waals surface area contributed by atoms with E-state index in [-0.39, 0.29) is 5.91 Å². The number of hydrogen-bond acceptors (Lipinski definition) is 5. The molecule has 0 bridgehead atoms. The lowest BCUT2D eigenvalue weighted by molar-refractivity contribution is 0.0739. The van der Waals surface area contributed by atoms with E-state index in [0.29, 0.717) is 30.5 Å². The summed E-state index contributed by atoms with van der Waals surface area (Å²) in [6.07, 6.45) is 2.92. The minimum absolute atomic E-state index is 0.120. The van der Waals surface area contributed by atoms with Gasteiger partial charge in [-0.25, -0.2) is 10.8 Å². The highest BCUT2D eigenvalue weighted by Gasteiger charge is 2.17. The van der Waals surface area contributed by atoms with E-state index in [1.165, 1.54) is 12.4 Å². The number of hydrazine groups is 1. The van der Waals surface area contributed by atoms with Crippen molar-refractivity contribution < 1.29 is 4.79 Å². The molecule has 94 valence electrons. The van der Waals surface area contributed by atoms with Gasteiger partial charge >= 0.3 is 0 Å². The van der Waals surface area contributed by atoms with Crippen molar-refractivity contribution in [1.82, 2.24) is 14.9 Å². The van der Waals surface area contributed by atoms with E-state index in [2.05, 4.69) is 29.2 Å². The molecule has 0 atom stereocenters. The molecule has 0 aliphatic carbocycles. The number of hydrogen-bond donors (Lipinski definition) is 2. The molecule has 6 nitrogen and oxygen atoms in total. The Hall–Kier alpha value is -1.69. The number of nitrogens with zero attached hydrogens (tertiary/aromatic N) is 3. The Kier molecular flexibility index (Phi) is 4.84. The summed E-state index contributed by atoms with van der Waals surface area (Å²) in [6.45, 7) is 7.44. The second-order valence-electron chi connectivity index (χ2n) is 4.17. The van der Waals surface area contributed by atoms with Gasteiger partial charge in [0.15, 0.2) is 5.82 Å². The topological polar surface area (TPSA) is 84.1 Å². The van der Waals surface area contributed by atoms with Crippen molar-refractivity contribution in [3.05, 3.63) is 18.1 Å². The van der Waals surface area contributed by atoms with Crippen molar-refractivity contribution >= 4 is 11.7 Å². The lowest BCUT2D eigenvalue weighted by Gasteiger charge is -2.22. The van der Waals surface area contributed by atoms with Gasteiger partial charge in [0.2, 0.25) is 0 Å². The first-order valence-corrected chi connectivity index (χ1v) is 5.66. The van der Waals surface area contributed by atoms with Crippen LogP contribution in [0.4, 0.5) is 5.82 Å². The van der Waals surface area contributed by atoms with Crippen molar-refractivity contribution in [2.75, 3.05) is 18.5 Å². The van der Waals surface area contributed by atoms with Crippen LogP contribution in [0.1, 0.15) is 31.3 Å². The molecule has 17 heavy (non-hydrogen) atoms. The van der Waals surface area contributed by atoms with Crippen LogP contribution < -0.4 is 11.3 Å². The van der Waals surface area contributed by atoms with E-state index < -0.39 is 0 Å². The van der Waals surface area contributed by atoms with Crippen LogP contribution in [0.2, 0.25) is 0 Å².